The molecule has 0 aromatic rings. The third kappa shape index (κ3) is 10.3. The molecule has 8 nitrogen and oxygen atoms in total. The third-order valence-electron chi connectivity index (χ3n) is 8.68. The average molecular weight is 551 g/mol. The molecule has 0 aromatic heterocycles. The number of esters is 1. The van der Waals surface area contributed by atoms with Crippen molar-refractivity contribution in [2.24, 2.45) is 34.8 Å². The van der Waals surface area contributed by atoms with Crippen molar-refractivity contribution < 1.29 is 29.6 Å². The van der Waals surface area contributed by atoms with Crippen molar-refractivity contribution in [3.63, 3.8) is 0 Å². The standard InChI is InChI=1S/C31H54N2O6/c1-6-31(4,5)30(38)39-27-16-20(2)15-22-11-10-21(3)26(29(22)27)13-12-24(35)17-25(36)18-28(37)33-23(19-34)9-7-8-14-32/h10-11,15,20-21,23-27,29,34-36H,6-9,12-14,16-19,32H2,1-5H3,(H,33,37)/t20-,21-,23+,24+,25+,26-,27-,29-/m0/s1. The molecule has 6 N–H and O–H groups in total. The summed E-state index contributed by atoms with van der Waals surface area (Å²) in [6.45, 7) is 10.6. The molecule has 0 aromatic carbocycles. The van der Waals surface area contributed by atoms with Crippen molar-refractivity contribution >= 4 is 11.9 Å². The summed E-state index contributed by atoms with van der Waals surface area (Å²) in [5.74, 6) is 0.363. The van der Waals surface area contributed by atoms with Gasteiger partial charge in [-0.25, -0.2) is 0 Å². The van der Waals surface area contributed by atoms with Crippen LogP contribution in [-0.2, 0) is 14.3 Å². The predicted octanol–water partition coefficient (Wildman–Crippen LogP) is 3.63. The molecule has 0 radical (unpaired) electrons. The van der Waals surface area contributed by atoms with Crippen LogP contribution in [0.25, 0.3) is 0 Å². The van der Waals surface area contributed by atoms with Crippen LogP contribution in [0, 0.1) is 29.1 Å². The summed E-state index contributed by atoms with van der Waals surface area (Å²) in [6.07, 6.45) is 9.70. The fourth-order valence-corrected chi connectivity index (χ4v) is 5.81. The van der Waals surface area contributed by atoms with Crippen LogP contribution in [0.1, 0.15) is 92.4 Å². The molecule has 0 aliphatic heterocycles. The number of amides is 1. The first-order valence-electron chi connectivity index (χ1n) is 15.0. The summed E-state index contributed by atoms with van der Waals surface area (Å²) < 4.78 is 6.17. The zero-order valence-electron chi connectivity index (χ0n) is 24.8. The minimum atomic E-state index is -0.969. The second-order valence-corrected chi connectivity index (χ2v) is 12.5. The Morgan fingerprint density at radius 1 is 1.18 bits per heavy atom. The summed E-state index contributed by atoms with van der Waals surface area (Å²) >= 11 is 0. The van der Waals surface area contributed by atoms with Gasteiger partial charge >= 0.3 is 5.97 Å². The van der Waals surface area contributed by atoms with E-state index in [1.807, 2.05) is 20.8 Å². The first-order valence-corrected chi connectivity index (χ1v) is 15.0. The number of nitrogens with one attached hydrogen (secondary N) is 1. The molecule has 0 unspecified atom stereocenters. The second-order valence-electron chi connectivity index (χ2n) is 12.5. The zero-order valence-corrected chi connectivity index (χ0v) is 24.8. The van der Waals surface area contributed by atoms with Gasteiger partial charge in [0, 0.05) is 5.92 Å². The van der Waals surface area contributed by atoms with Crippen LogP contribution < -0.4 is 11.1 Å². The Morgan fingerprint density at radius 3 is 2.54 bits per heavy atom. The number of hydrogen-bond acceptors (Lipinski definition) is 7. The van der Waals surface area contributed by atoms with E-state index >= 15 is 0 Å². The monoisotopic (exact) mass is 550 g/mol. The van der Waals surface area contributed by atoms with Gasteiger partial charge in [0.25, 0.3) is 0 Å². The number of ether oxygens (including phenoxy) is 1. The second kappa shape index (κ2) is 15.9. The molecule has 2 rings (SSSR count). The quantitative estimate of drug-likeness (QED) is 0.146. The highest BCUT2D eigenvalue weighted by atomic mass is 16.5. The molecule has 0 fully saturated rings. The smallest absolute Gasteiger partial charge is 0.311 e. The molecule has 0 saturated heterocycles. The molecule has 8 atom stereocenters. The average Bonchev–Trinajstić information content (AvgIpc) is 2.87. The zero-order chi connectivity index (χ0) is 29.2. The number of unbranched alkanes of at least 4 members (excludes halogenated alkanes) is 1. The number of allylic oxidation sites excluding steroid dienone is 3. The molecule has 0 bridgehead atoms. The fourth-order valence-electron chi connectivity index (χ4n) is 5.81. The van der Waals surface area contributed by atoms with E-state index in [-0.39, 0.29) is 61.2 Å². The lowest BCUT2D eigenvalue weighted by Crippen LogP contribution is -2.43. The van der Waals surface area contributed by atoms with Gasteiger partial charge in [0.2, 0.25) is 5.91 Å². The molecular formula is C31H54N2O6. The third-order valence-corrected chi connectivity index (χ3v) is 8.68. The Kier molecular flexibility index (Phi) is 13.6. The Morgan fingerprint density at radius 2 is 1.90 bits per heavy atom. The number of aliphatic hydroxyl groups excluding tert-OH is 3. The lowest BCUT2D eigenvalue weighted by molar-refractivity contribution is -0.164. The number of carbonyl (C=O) groups is 2. The minimum absolute atomic E-state index is 0.0791. The number of carbonyl (C=O) groups excluding carboxylic acids is 2. The largest absolute Gasteiger partial charge is 0.461 e. The topological polar surface area (TPSA) is 142 Å². The maximum atomic E-state index is 13.0. The highest BCUT2D eigenvalue weighted by molar-refractivity contribution is 5.77. The van der Waals surface area contributed by atoms with E-state index in [1.165, 1.54) is 5.57 Å². The summed E-state index contributed by atoms with van der Waals surface area (Å²) in [5.41, 5.74) is 6.18. The number of fused-ring (bicyclic) bond motifs is 1. The number of rotatable bonds is 16. The molecular weight excluding hydrogens is 496 g/mol. The van der Waals surface area contributed by atoms with Gasteiger partial charge in [0.15, 0.2) is 0 Å². The van der Waals surface area contributed by atoms with Gasteiger partial charge in [-0.05, 0) is 88.7 Å². The lowest BCUT2D eigenvalue weighted by Gasteiger charge is -2.44. The summed E-state index contributed by atoms with van der Waals surface area (Å²) in [7, 11) is 0. The normalized spacial score (nSPS) is 27.2. The number of aliphatic hydroxyl groups is 3. The molecule has 0 heterocycles. The van der Waals surface area contributed by atoms with E-state index < -0.39 is 17.6 Å². The van der Waals surface area contributed by atoms with Crippen LogP contribution in [0.15, 0.2) is 23.8 Å². The molecule has 39 heavy (non-hydrogen) atoms. The van der Waals surface area contributed by atoms with Crippen LogP contribution in [-0.4, -0.2) is 64.7 Å². The van der Waals surface area contributed by atoms with Gasteiger partial charge in [-0.3, -0.25) is 9.59 Å². The van der Waals surface area contributed by atoms with Crippen LogP contribution in [0.4, 0.5) is 0 Å². The van der Waals surface area contributed by atoms with Gasteiger partial charge in [-0.15, -0.1) is 0 Å². The predicted molar refractivity (Wildman–Crippen MR) is 154 cm³/mol. The van der Waals surface area contributed by atoms with Crippen molar-refractivity contribution in [1.82, 2.24) is 5.32 Å². The maximum absolute atomic E-state index is 13.0. The Labute approximate surface area is 235 Å². The van der Waals surface area contributed by atoms with E-state index in [0.29, 0.717) is 31.7 Å². The van der Waals surface area contributed by atoms with Crippen molar-refractivity contribution in [3.05, 3.63) is 23.8 Å². The van der Waals surface area contributed by atoms with E-state index in [4.69, 9.17) is 10.5 Å². The van der Waals surface area contributed by atoms with E-state index in [0.717, 1.165) is 25.7 Å². The number of nitrogens with two attached hydrogens (primary N) is 1. The molecule has 8 heteroatoms. The van der Waals surface area contributed by atoms with Gasteiger partial charge in [0.1, 0.15) is 6.10 Å². The van der Waals surface area contributed by atoms with Crippen LogP contribution in [0.5, 0.6) is 0 Å². The molecule has 224 valence electrons. The van der Waals surface area contributed by atoms with Gasteiger partial charge in [0.05, 0.1) is 36.7 Å². The highest BCUT2D eigenvalue weighted by Gasteiger charge is 2.42. The van der Waals surface area contributed by atoms with Crippen molar-refractivity contribution in [1.29, 1.82) is 0 Å². The van der Waals surface area contributed by atoms with Crippen molar-refractivity contribution in [2.45, 2.75) is 117 Å². The van der Waals surface area contributed by atoms with Crippen LogP contribution in [0.2, 0.25) is 0 Å². The fraction of sp³-hybridized carbons (Fsp3) is 0.806. The van der Waals surface area contributed by atoms with E-state index in [2.05, 4.69) is 37.4 Å². The van der Waals surface area contributed by atoms with Crippen LogP contribution >= 0.6 is 0 Å². The van der Waals surface area contributed by atoms with Crippen molar-refractivity contribution in [2.75, 3.05) is 13.2 Å². The van der Waals surface area contributed by atoms with Gasteiger partial charge in [-0.1, -0.05) is 45.4 Å². The Bertz CT molecular complexity index is 841. The van der Waals surface area contributed by atoms with Crippen molar-refractivity contribution in [3.8, 4) is 0 Å². The summed E-state index contributed by atoms with van der Waals surface area (Å²) in [4.78, 5) is 25.3. The first kappa shape index (κ1) is 33.5. The Balaban J connectivity index is 1.95. The highest BCUT2D eigenvalue weighted by Crippen LogP contribution is 2.45. The summed E-state index contributed by atoms with van der Waals surface area (Å²) in [5, 5.41) is 33.5. The van der Waals surface area contributed by atoms with E-state index in [1.54, 1.807) is 0 Å². The Hall–Kier alpha value is -1.74. The molecule has 0 saturated carbocycles. The summed E-state index contributed by atoms with van der Waals surface area (Å²) in [6, 6.07) is -0.354. The molecule has 1 amide bonds. The number of hydrogen-bond donors (Lipinski definition) is 5. The maximum Gasteiger partial charge on any atom is 0.311 e. The van der Waals surface area contributed by atoms with Gasteiger partial charge < -0.3 is 31.1 Å². The SMILES string of the molecule is CCC(C)(C)C(=O)O[C@H]1C[C@@H](C)C=C2C=C[C@H](C)[C@H](CC[C@@H](O)C[C@@H](O)CC(=O)N[C@@H](CO)CCCCN)[C@H]21. The first-order chi connectivity index (χ1) is 18.4. The lowest BCUT2D eigenvalue weighted by atomic mass is 9.65. The van der Waals surface area contributed by atoms with Crippen LogP contribution in [0.3, 0.4) is 0 Å². The van der Waals surface area contributed by atoms with E-state index in [9.17, 15) is 24.9 Å². The molecule has 0 spiro atoms. The molecule has 2 aliphatic carbocycles. The molecule has 2 aliphatic rings. The van der Waals surface area contributed by atoms with Gasteiger partial charge in [-0.2, -0.15) is 0 Å². The minimum Gasteiger partial charge on any atom is -0.461 e.